The zero-order valence-electron chi connectivity index (χ0n) is 16.6. The van der Waals surface area contributed by atoms with Crippen LogP contribution in [-0.2, 0) is 11.8 Å². The minimum absolute atomic E-state index is 0.0895. The number of carbonyl (C=O) groups excluding carboxylic acids is 2. The van der Waals surface area contributed by atoms with Crippen LogP contribution in [0, 0.1) is 0 Å². The number of aromatic amines is 1. The third kappa shape index (κ3) is 4.99. The van der Waals surface area contributed by atoms with Gasteiger partial charge in [0.2, 0.25) is 0 Å². The summed E-state index contributed by atoms with van der Waals surface area (Å²) in [7, 11) is 1.47. The fraction of sp³-hybridized carbons (Fsp3) is 0.667. The Balaban J connectivity index is 2.20. The maximum Gasteiger partial charge on any atom is 0.410 e. The van der Waals surface area contributed by atoms with Crippen molar-refractivity contribution in [2.75, 3.05) is 19.6 Å². The number of aromatic nitrogens is 2. The SMILES string of the molecule is CCN(C(=O)c1cn(C)c(=O)[nH]c1=O)C1CCCN(C(=O)OC(C)(C)C)C1. The Kier molecular flexibility index (Phi) is 6.12. The number of likely N-dealkylation sites (tertiary alicyclic amines) is 1. The molecule has 27 heavy (non-hydrogen) atoms. The number of ether oxygens (including phenoxy) is 1. The fourth-order valence-corrected chi connectivity index (χ4v) is 3.14. The zero-order valence-corrected chi connectivity index (χ0v) is 16.6. The van der Waals surface area contributed by atoms with E-state index in [1.54, 1.807) is 30.6 Å². The molecule has 1 unspecified atom stereocenters. The maximum atomic E-state index is 12.9. The molecule has 0 aliphatic carbocycles. The number of nitrogens with zero attached hydrogens (tertiary/aromatic N) is 3. The zero-order chi connectivity index (χ0) is 20.4. The van der Waals surface area contributed by atoms with Crippen LogP contribution in [0.15, 0.2) is 15.8 Å². The van der Waals surface area contributed by atoms with E-state index in [1.165, 1.54) is 13.2 Å². The lowest BCUT2D eigenvalue weighted by Gasteiger charge is -2.39. The van der Waals surface area contributed by atoms with Gasteiger partial charge < -0.3 is 19.1 Å². The van der Waals surface area contributed by atoms with Crippen LogP contribution in [0.25, 0.3) is 0 Å². The summed E-state index contributed by atoms with van der Waals surface area (Å²) in [6.07, 6.45) is 2.30. The van der Waals surface area contributed by atoms with Crippen molar-refractivity contribution >= 4 is 12.0 Å². The Hall–Kier alpha value is -2.58. The summed E-state index contributed by atoms with van der Waals surface area (Å²) >= 11 is 0. The highest BCUT2D eigenvalue weighted by Crippen LogP contribution is 2.20. The quantitative estimate of drug-likeness (QED) is 0.840. The van der Waals surface area contributed by atoms with Gasteiger partial charge in [-0.15, -0.1) is 0 Å². The Labute approximate surface area is 157 Å². The van der Waals surface area contributed by atoms with Crippen LogP contribution in [-0.4, -0.2) is 62.6 Å². The van der Waals surface area contributed by atoms with E-state index in [0.29, 0.717) is 19.6 Å². The molecule has 2 heterocycles. The second-order valence-corrected chi connectivity index (χ2v) is 7.73. The van der Waals surface area contributed by atoms with Crippen molar-refractivity contribution in [3.8, 4) is 0 Å². The Morgan fingerprint density at radius 1 is 1.33 bits per heavy atom. The molecule has 1 aliphatic heterocycles. The first-order chi connectivity index (χ1) is 12.5. The molecule has 1 atom stereocenters. The predicted octanol–water partition coefficient (Wildman–Crippen LogP) is 0.935. The molecule has 1 fully saturated rings. The molecule has 1 aromatic heterocycles. The molecule has 1 aromatic rings. The Bertz CT molecular complexity index is 820. The summed E-state index contributed by atoms with van der Waals surface area (Å²) in [6, 6.07) is -0.222. The molecular formula is C18H28N4O5. The first kappa shape index (κ1) is 20.7. The molecule has 0 bridgehead atoms. The number of hydrogen-bond acceptors (Lipinski definition) is 5. The standard InChI is InChI=1S/C18H28N4O5/c1-6-22(15(24)13-11-20(5)16(25)19-14(13)23)12-8-7-9-21(10-12)17(26)27-18(2,3)4/h11-12H,6-10H2,1-5H3,(H,19,23,25). The molecule has 0 radical (unpaired) electrons. The highest BCUT2D eigenvalue weighted by Gasteiger charge is 2.33. The van der Waals surface area contributed by atoms with Gasteiger partial charge in [-0.3, -0.25) is 14.6 Å². The first-order valence-corrected chi connectivity index (χ1v) is 9.12. The van der Waals surface area contributed by atoms with Gasteiger partial charge in [0.05, 0.1) is 0 Å². The summed E-state index contributed by atoms with van der Waals surface area (Å²) in [4.78, 5) is 54.2. The number of aryl methyl sites for hydroxylation is 1. The van der Waals surface area contributed by atoms with Crippen molar-refractivity contribution in [2.24, 2.45) is 7.05 Å². The van der Waals surface area contributed by atoms with Crippen molar-refractivity contribution in [3.05, 3.63) is 32.6 Å². The maximum absolute atomic E-state index is 12.9. The molecular weight excluding hydrogens is 352 g/mol. The van der Waals surface area contributed by atoms with E-state index in [1.807, 2.05) is 6.92 Å². The topological polar surface area (TPSA) is 105 Å². The van der Waals surface area contributed by atoms with Gasteiger partial charge in [-0.1, -0.05) is 0 Å². The van der Waals surface area contributed by atoms with Gasteiger partial charge in [-0.05, 0) is 40.5 Å². The molecule has 9 nitrogen and oxygen atoms in total. The summed E-state index contributed by atoms with van der Waals surface area (Å²) in [6.45, 7) is 8.53. The normalized spacial score (nSPS) is 17.5. The molecule has 1 aliphatic rings. The Morgan fingerprint density at radius 3 is 2.59 bits per heavy atom. The van der Waals surface area contributed by atoms with Crippen molar-refractivity contribution in [1.29, 1.82) is 0 Å². The van der Waals surface area contributed by atoms with Gasteiger partial charge in [-0.25, -0.2) is 9.59 Å². The molecule has 0 spiro atoms. The van der Waals surface area contributed by atoms with E-state index in [4.69, 9.17) is 4.74 Å². The largest absolute Gasteiger partial charge is 0.444 e. The number of amides is 2. The number of H-pyrrole nitrogens is 1. The highest BCUT2D eigenvalue weighted by atomic mass is 16.6. The van der Waals surface area contributed by atoms with Gasteiger partial charge in [0.1, 0.15) is 11.2 Å². The van der Waals surface area contributed by atoms with Crippen molar-refractivity contribution in [3.63, 3.8) is 0 Å². The van der Waals surface area contributed by atoms with Crippen LogP contribution < -0.4 is 11.2 Å². The van der Waals surface area contributed by atoms with Crippen LogP contribution in [0.1, 0.15) is 50.9 Å². The summed E-state index contributed by atoms with van der Waals surface area (Å²) in [5, 5.41) is 0. The fourth-order valence-electron chi connectivity index (χ4n) is 3.14. The van der Waals surface area contributed by atoms with Crippen molar-refractivity contribution < 1.29 is 14.3 Å². The van der Waals surface area contributed by atoms with Gasteiger partial charge in [0.25, 0.3) is 11.5 Å². The van der Waals surface area contributed by atoms with Crippen molar-refractivity contribution in [1.82, 2.24) is 19.4 Å². The molecule has 2 rings (SSSR count). The number of hydrogen-bond donors (Lipinski definition) is 1. The lowest BCUT2D eigenvalue weighted by molar-refractivity contribution is 0.0107. The molecule has 0 saturated carbocycles. The summed E-state index contributed by atoms with van der Waals surface area (Å²) in [5.41, 5.74) is -1.96. The molecule has 1 N–H and O–H groups in total. The smallest absolute Gasteiger partial charge is 0.410 e. The van der Waals surface area contributed by atoms with E-state index < -0.39 is 28.9 Å². The highest BCUT2D eigenvalue weighted by molar-refractivity contribution is 5.93. The Morgan fingerprint density at radius 2 is 2.00 bits per heavy atom. The van der Waals surface area contributed by atoms with Crippen LogP contribution in [0.2, 0.25) is 0 Å². The summed E-state index contributed by atoms with van der Waals surface area (Å²) in [5.74, 6) is -0.453. The molecule has 1 saturated heterocycles. The van der Waals surface area contributed by atoms with Crippen LogP contribution >= 0.6 is 0 Å². The number of rotatable bonds is 3. The van der Waals surface area contributed by atoms with Crippen molar-refractivity contribution in [2.45, 2.75) is 52.2 Å². The monoisotopic (exact) mass is 380 g/mol. The first-order valence-electron chi connectivity index (χ1n) is 9.12. The van der Waals surface area contributed by atoms with Gasteiger partial charge in [0, 0.05) is 38.9 Å². The minimum atomic E-state index is -0.707. The predicted molar refractivity (Wildman–Crippen MR) is 99.8 cm³/mol. The lowest BCUT2D eigenvalue weighted by atomic mass is 10.0. The number of nitrogens with one attached hydrogen (secondary N) is 1. The van der Waals surface area contributed by atoms with Gasteiger partial charge in [-0.2, -0.15) is 0 Å². The molecule has 2 amide bonds. The van der Waals surface area contributed by atoms with E-state index in [9.17, 15) is 19.2 Å². The van der Waals surface area contributed by atoms with Crippen LogP contribution in [0.3, 0.4) is 0 Å². The molecule has 9 heteroatoms. The molecule has 150 valence electrons. The van der Waals surface area contributed by atoms with E-state index >= 15 is 0 Å². The van der Waals surface area contributed by atoms with E-state index in [0.717, 1.165) is 17.4 Å². The third-order valence-electron chi connectivity index (χ3n) is 4.43. The number of carbonyl (C=O) groups is 2. The number of likely N-dealkylation sites (N-methyl/N-ethyl adjacent to an activating group) is 1. The third-order valence-corrected chi connectivity index (χ3v) is 4.43. The van der Waals surface area contributed by atoms with Crippen LogP contribution in [0.4, 0.5) is 4.79 Å². The summed E-state index contributed by atoms with van der Waals surface area (Å²) < 4.78 is 6.59. The lowest BCUT2D eigenvalue weighted by Crippen LogP contribution is -2.53. The number of piperidine rings is 1. The van der Waals surface area contributed by atoms with E-state index in [-0.39, 0.29) is 11.6 Å². The van der Waals surface area contributed by atoms with Gasteiger partial charge in [0.15, 0.2) is 0 Å². The minimum Gasteiger partial charge on any atom is -0.444 e. The second kappa shape index (κ2) is 7.98. The average Bonchev–Trinajstić information content (AvgIpc) is 2.57. The van der Waals surface area contributed by atoms with Gasteiger partial charge >= 0.3 is 11.8 Å². The van der Waals surface area contributed by atoms with Crippen LogP contribution in [0.5, 0.6) is 0 Å². The van der Waals surface area contributed by atoms with E-state index in [2.05, 4.69) is 4.98 Å². The molecule has 0 aromatic carbocycles. The average molecular weight is 380 g/mol. The second-order valence-electron chi connectivity index (χ2n) is 7.73.